The Morgan fingerprint density at radius 1 is 1.18 bits per heavy atom. The van der Waals surface area contributed by atoms with Crippen molar-refractivity contribution in [1.82, 2.24) is 4.31 Å². The summed E-state index contributed by atoms with van der Waals surface area (Å²) in [6.45, 7) is 3.08. The van der Waals surface area contributed by atoms with E-state index < -0.39 is 15.9 Å². The lowest BCUT2D eigenvalue weighted by molar-refractivity contribution is 0.102. The number of amides is 1. The fourth-order valence-electron chi connectivity index (χ4n) is 3.15. The average Bonchev–Trinajstić information content (AvgIpc) is 2.68. The van der Waals surface area contributed by atoms with Gasteiger partial charge in [0.2, 0.25) is 10.0 Å². The minimum atomic E-state index is -3.67. The maximum atomic E-state index is 13.0. The first-order chi connectivity index (χ1) is 13.3. The van der Waals surface area contributed by atoms with Crippen molar-refractivity contribution in [3.8, 4) is 5.75 Å². The number of benzene rings is 2. The Balaban J connectivity index is 1.88. The highest BCUT2D eigenvalue weighted by atomic mass is 35.5. The van der Waals surface area contributed by atoms with Crippen LogP contribution in [0.2, 0.25) is 5.02 Å². The standard InChI is InChI=1S/C20H23ClN2O4S/c1-14-9-11-23(12-10-14)28(25,26)15-7-8-17(21)16(13-15)20(24)22-18-5-3-4-6-19(18)27-2/h3-8,13-14H,9-12H2,1-2H3,(H,22,24). The number of methoxy groups -OCH3 is 1. The van der Waals surface area contributed by atoms with E-state index in [2.05, 4.69) is 12.2 Å². The molecule has 1 saturated heterocycles. The number of halogens is 1. The molecule has 0 aromatic heterocycles. The molecule has 150 valence electrons. The average molecular weight is 423 g/mol. The monoisotopic (exact) mass is 422 g/mol. The predicted molar refractivity (Wildman–Crippen MR) is 110 cm³/mol. The molecule has 2 aromatic carbocycles. The molecular weight excluding hydrogens is 400 g/mol. The first kappa shape index (κ1) is 20.6. The lowest BCUT2D eigenvalue weighted by Gasteiger charge is -2.29. The van der Waals surface area contributed by atoms with Crippen molar-refractivity contribution in [3.05, 3.63) is 53.1 Å². The fourth-order valence-corrected chi connectivity index (χ4v) is 4.85. The SMILES string of the molecule is COc1ccccc1NC(=O)c1cc(S(=O)(=O)N2CCC(C)CC2)ccc1Cl. The predicted octanol–water partition coefficient (Wildman–Crippen LogP) is 4.02. The zero-order valence-corrected chi connectivity index (χ0v) is 17.4. The van der Waals surface area contributed by atoms with Gasteiger partial charge in [-0.15, -0.1) is 0 Å². The van der Waals surface area contributed by atoms with Crippen LogP contribution in [0.3, 0.4) is 0 Å². The largest absolute Gasteiger partial charge is 0.495 e. The third-order valence-electron chi connectivity index (χ3n) is 4.92. The van der Waals surface area contributed by atoms with Gasteiger partial charge in [0.15, 0.2) is 0 Å². The quantitative estimate of drug-likeness (QED) is 0.789. The number of piperidine rings is 1. The first-order valence-corrected chi connectivity index (χ1v) is 10.9. The molecule has 0 saturated carbocycles. The van der Waals surface area contributed by atoms with Gasteiger partial charge in [-0.25, -0.2) is 8.42 Å². The summed E-state index contributed by atoms with van der Waals surface area (Å²) in [5, 5.41) is 2.91. The molecular formula is C20H23ClN2O4S. The van der Waals surface area contributed by atoms with E-state index in [0.29, 0.717) is 30.4 Å². The summed E-state index contributed by atoms with van der Waals surface area (Å²) in [6, 6.07) is 11.2. The summed E-state index contributed by atoms with van der Waals surface area (Å²) in [6.07, 6.45) is 1.65. The smallest absolute Gasteiger partial charge is 0.257 e. The van der Waals surface area contributed by atoms with Crippen LogP contribution in [0, 0.1) is 5.92 Å². The number of hydrogen-bond acceptors (Lipinski definition) is 4. The van der Waals surface area contributed by atoms with E-state index in [1.165, 1.54) is 29.6 Å². The molecule has 1 heterocycles. The van der Waals surface area contributed by atoms with E-state index in [4.69, 9.17) is 16.3 Å². The number of para-hydroxylation sites is 2. The normalized spacial score (nSPS) is 16.0. The highest BCUT2D eigenvalue weighted by molar-refractivity contribution is 7.89. The molecule has 0 aliphatic carbocycles. The molecule has 1 aliphatic rings. The van der Waals surface area contributed by atoms with E-state index in [0.717, 1.165) is 12.8 Å². The minimum absolute atomic E-state index is 0.0663. The molecule has 28 heavy (non-hydrogen) atoms. The number of nitrogens with one attached hydrogen (secondary N) is 1. The lowest BCUT2D eigenvalue weighted by atomic mass is 10.0. The van der Waals surface area contributed by atoms with Crippen LogP contribution < -0.4 is 10.1 Å². The topological polar surface area (TPSA) is 75.7 Å². The Kier molecular flexibility index (Phi) is 6.27. The Bertz CT molecular complexity index is 970. The maximum absolute atomic E-state index is 13.0. The van der Waals surface area contributed by atoms with E-state index in [-0.39, 0.29) is 15.5 Å². The molecule has 3 rings (SSSR count). The highest BCUT2D eigenvalue weighted by Crippen LogP contribution is 2.28. The van der Waals surface area contributed by atoms with E-state index in [9.17, 15) is 13.2 Å². The third kappa shape index (κ3) is 4.32. The summed E-state index contributed by atoms with van der Waals surface area (Å²) >= 11 is 6.19. The molecule has 6 nitrogen and oxygen atoms in total. The van der Waals surface area contributed by atoms with Gasteiger partial charge in [-0.2, -0.15) is 4.31 Å². The van der Waals surface area contributed by atoms with E-state index in [1.54, 1.807) is 24.3 Å². The molecule has 1 N–H and O–H groups in total. The Labute approximate surface area is 170 Å². The Morgan fingerprint density at radius 3 is 2.54 bits per heavy atom. The summed E-state index contributed by atoms with van der Waals surface area (Å²) in [5.41, 5.74) is 0.573. The molecule has 1 fully saturated rings. The number of carbonyl (C=O) groups is 1. The molecule has 8 heteroatoms. The van der Waals surface area contributed by atoms with Gasteiger partial charge in [0.25, 0.3) is 5.91 Å². The number of hydrogen-bond donors (Lipinski definition) is 1. The molecule has 0 unspecified atom stereocenters. The summed E-state index contributed by atoms with van der Waals surface area (Å²) in [4.78, 5) is 12.8. The lowest BCUT2D eigenvalue weighted by Crippen LogP contribution is -2.37. The van der Waals surface area contributed by atoms with Gasteiger partial charge in [0, 0.05) is 13.1 Å². The van der Waals surface area contributed by atoms with Crippen molar-refractivity contribution in [3.63, 3.8) is 0 Å². The number of carbonyl (C=O) groups excluding carboxylic acids is 1. The zero-order chi connectivity index (χ0) is 20.3. The van der Waals surface area contributed by atoms with Crippen molar-refractivity contribution in [2.24, 2.45) is 5.92 Å². The fraction of sp³-hybridized carbons (Fsp3) is 0.350. The van der Waals surface area contributed by atoms with Gasteiger partial charge in [0.05, 0.1) is 28.3 Å². The molecule has 1 aliphatic heterocycles. The van der Waals surface area contributed by atoms with Gasteiger partial charge in [0.1, 0.15) is 5.75 Å². The number of ether oxygens (including phenoxy) is 1. The zero-order valence-electron chi connectivity index (χ0n) is 15.8. The highest BCUT2D eigenvalue weighted by Gasteiger charge is 2.29. The first-order valence-electron chi connectivity index (χ1n) is 9.07. The van der Waals surface area contributed by atoms with Crippen molar-refractivity contribution in [1.29, 1.82) is 0 Å². The van der Waals surface area contributed by atoms with E-state index in [1.807, 2.05) is 0 Å². The van der Waals surface area contributed by atoms with Gasteiger partial charge < -0.3 is 10.1 Å². The van der Waals surface area contributed by atoms with Crippen LogP contribution in [-0.4, -0.2) is 38.8 Å². The van der Waals surface area contributed by atoms with Crippen molar-refractivity contribution in [2.75, 3.05) is 25.5 Å². The van der Waals surface area contributed by atoms with Crippen LogP contribution in [-0.2, 0) is 10.0 Å². The summed E-state index contributed by atoms with van der Waals surface area (Å²) in [7, 11) is -2.17. The van der Waals surface area contributed by atoms with E-state index >= 15 is 0 Å². The van der Waals surface area contributed by atoms with Crippen LogP contribution in [0.4, 0.5) is 5.69 Å². The van der Waals surface area contributed by atoms with Gasteiger partial charge in [-0.05, 0) is 49.1 Å². The second kappa shape index (κ2) is 8.51. The molecule has 1 amide bonds. The third-order valence-corrected chi connectivity index (χ3v) is 7.14. The molecule has 0 spiro atoms. The number of rotatable bonds is 5. The van der Waals surface area contributed by atoms with Crippen LogP contribution in [0.1, 0.15) is 30.1 Å². The Hall–Kier alpha value is -2.09. The van der Waals surface area contributed by atoms with Gasteiger partial charge in [-0.1, -0.05) is 30.7 Å². The van der Waals surface area contributed by atoms with Crippen LogP contribution in [0.15, 0.2) is 47.4 Å². The molecule has 2 aromatic rings. The maximum Gasteiger partial charge on any atom is 0.257 e. The summed E-state index contributed by atoms with van der Waals surface area (Å²) < 4.78 is 32.6. The van der Waals surface area contributed by atoms with Gasteiger partial charge in [-0.3, -0.25) is 4.79 Å². The number of sulfonamides is 1. The summed E-state index contributed by atoms with van der Waals surface area (Å²) in [5.74, 6) is 0.510. The number of anilines is 1. The van der Waals surface area contributed by atoms with Crippen LogP contribution in [0.5, 0.6) is 5.75 Å². The molecule has 0 atom stereocenters. The van der Waals surface area contributed by atoms with Crippen molar-refractivity contribution >= 4 is 33.2 Å². The second-order valence-electron chi connectivity index (χ2n) is 6.88. The van der Waals surface area contributed by atoms with Crippen molar-refractivity contribution in [2.45, 2.75) is 24.7 Å². The Morgan fingerprint density at radius 2 is 1.86 bits per heavy atom. The van der Waals surface area contributed by atoms with Crippen LogP contribution in [0.25, 0.3) is 0 Å². The van der Waals surface area contributed by atoms with Gasteiger partial charge >= 0.3 is 0 Å². The second-order valence-corrected chi connectivity index (χ2v) is 9.23. The minimum Gasteiger partial charge on any atom is -0.495 e. The molecule has 0 radical (unpaired) electrons. The number of nitrogens with zero attached hydrogens (tertiary/aromatic N) is 1. The van der Waals surface area contributed by atoms with Crippen LogP contribution >= 0.6 is 11.6 Å². The van der Waals surface area contributed by atoms with Crippen molar-refractivity contribution < 1.29 is 17.9 Å². The molecule has 0 bridgehead atoms.